The summed E-state index contributed by atoms with van der Waals surface area (Å²) in [6.45, 7) is 5.62. The third-order valence-corrected chi connectivity index (χ3v) is 8.14. The van der Waals surface area contributed by atoms with Gasteiger partial charge in [0.2, 0.25) is 0 Å². The molecule has 4 atom stereocenters. The number of methoxy groups -OCH3 is 1. The van der Waals surface area contributed by atoms with Crippen LogP contribution in [0.15, 0.2) is 72.8 Å². The molecule has 3 aromatic rings. The van der Waals surface area contributed by atoms with Crippen molar-refractivity contribution < 1.29 is 24.1 Å². The van der Waals surface area contributed by atoms with Crippen molar-refractivity contribution in [2.45, 2.75) is 63.9 Å². The van der Waals surface area contributed by atoms with E-state index in [4.69, 9.17) is 14.2 Å². The second kappa shape index (κ2) is 14.8. The van der Waals surface area contributed by atoms with Crippen molar-refractivity contribution in [3.63, 3.8) is 0 Å². The summed E-state index contributed by atoms with van der Waals surface area (Å²) in [5.41, 5.74) is 6.16. The van der Waals surface area contributed by atoms with Crippen molar-refractivity contribution in [2.24, 2.45) is 0 Å². The maximum Gasteiger partial charge on any atom is 0.315 e. The van der Waals surface area contributed by atoms with Gasteiger partial charge in [-0.25, -0.2) is 4.79 Å². The Kier molecular flexibility index (Phi) is 10.6. The van der Waals surface area contributed by atoms with Gasteiger partial charge in [-0.3, -0.25) is 4.90 Å². The van der Waals surface area contributed by atoms with Gasteiger partial charge in [-0.1, -0.05) is 66.7 Å². The van der Waals surface area contributed by atoms with Crippen molar-refractivity contribution >= 4 is 6.03 Å². The normalized spacial score (nSPS) is 22.6. The monoisotopic (exact) mass is 573 g/mol. The van der Waals surface area contributed by atoms with Crippen LogP contribution in [0.5, 0.6) is 0 Å². The zero-order chi connectivity index (χ0) is 29.3. The maximum atomic E-state index is 11.8. The Hall–Kier alpha value is -3.27. The van der Waals surface area contributed by atoms with Gasteiger partial charge in [-0.2, -0.15) is 0 Å². The van der Waals surface area contributed by atoms with E-state index in [9.17, 15) is 9.90 Å². The molecule has 8 nitrogen and oxygen atoms in total. The zero-order valence-corrected chi connectivity index (χ0v) is 24.6. The molecule has 5 rings (SSSR count). The average molecular weight is 574 g/mol. The van der Waals surface area contributed by atoms with E-state index < -0.39 is 6.29 Å². The van der Waals surface area contributed by atoms with Crippen LogP contribution in [0.25, 0.3) is 11.1 Å². The molecule has 3 aromatic carbocycles. The second-order valence-electron chi connectivity index (χ2n) is 11.1. The molecule has 2 saturated heterocycles. The lowest BCUT2D eigenvalue weighted by Gasteiger charge is -2.38. The lowest BCUT2D eigenvalue weighted by Crippen LogP contribution is -2.42. The SMILES string of the molecule is CCNC(=O)NCc1cccc(-c2ccc([C@@H]3O[C@H](CN4CCC[C@H]4COC)C[C@H](c4ccc(CO)cc4)O3)cc2)c1. The predicted octanol–water partition coefficient (Wildman–Crippen LogP) is 5.32. The number of carbonyl (C=O) groups is 1. The van der Waals surface area contributed by atoms with Crippen LogP contribution in [0.1, 0.15) is 60.8 Å². The van der Waals surface area contributed by atoms with Crippen LogP contribution in [0.3, 0.4) is 0 Å². The van der Waals surface area contributed by atoms with E-state index in [1.807, 2.05) is 31.2 Å². The summed E-state index contributed by atoms with van der Waals surface area (Å²) in [5.74, 6) is 0. The van der Waals surface area contributed by atoms with Crippen molar-refractivity contribution in [3.8, 4) is 11.1 Å². The van der Waals surface area contributed by atoms with Crippen LogP contribution >= 0.6 is 0 Å². The van der Waals surface area contributed by atoms with E-state index in [-0.39, 0.29) is 24.8 Å². The molecule has 2 fully saturated rings. The molecule has 0 radical (unpaired) electrons. The van der Waals surface area contributed by atoms with Crippen LogP contribution in [0.2, 0.25) is 0 Å². The van der Waals surface area contributed by atoms with Gasteiger partial charge in [-0.15, -0.1) is 0 Å². The Labute approximate surface area is 249 Å². The van der Waals surface area contributed by atoms with E-state index >= 15 is 0 Å². The number of hydrogen-bond acceptors (Lipinski definition) is 6. The van der Waals surface area contributed by atoms with Gasteiger partial charge in [0, 0.05) is 44.8 Å². The summed E-state index contributed by atoms with van der Waals surface area (Å²) in [5, 5.41) is 15.1. The van der Waals surface area contributed by atoms with Crippen LogP contribution in [-0.4, -0.2) is 61.5 Å². The largest absolute Gasteiger partial charge is 0.392 e. The van der Waals surface area contributed by atoms with Crippen molar-refractivity contribution in [1.82, 2.24) is 15.5 Å². The van der Waals surface area contributed by atoms with Crippen molar-refractivity contribution in [1.29, 1.82) is 0 Å². The predicted molar refractivity (Wildman–Crippen MR) is 163 cm³/mol. The molecular formula is C34H43N3O5. The van der Waals surface area contributed by atoms with E-state index in [0.29, 0.717) is 19.1 Å². The van der Waals surface area contributed by atoms with Crippen LogP contribution in [0, 0.1) is 0 Å². The Balaban J connectivity index is 1.31. The van der Waals surface area contributed by atoms with Gasteiger partial charge < -0.3 is 30.0 Å². The smallest absolute Gasteiger partial charge is 0.315 e. The first-order valence-corrected chi connectivity index (χ1v) is 15.0. The molecule has 2 aliphatic rings. The van der Waals surface area contributed by atoms with Gasteiger partial charge in [-0.05, 0) is 60.2 Å². The van der Waals surface area contributed by atoms with Crippen molar-refractivity contribution in [3.05, 3.63) is 95.1 Å². The summed E-state index contributed by atoms with van der Waals surface area (Å²) >= 11 is 0. The van der Waals surface area contributed by atoms with E-state index in [0.717, 1.165) is 65.9 Å². The first-order valence-electron chi connectivity index (χ1n) is 15.0. The Morgan fingerprint density at radius 1 is 0.976 bits per heavy atom. The summed E-state index contributed by atoms with van der Waals surface area (Å²) in [6.07, 6.45) is 2.50. The average Bonchev–Trinajstić information content (AvgIpc) is 3.46. The fourth-order valence-electron chi connectivity index (χ4n) is 5.91. The number of aliphatic hydroxyl groups is 1. The highest BCUT2D eigenvalue weighted by atomic mass is 16.7. The number of nitrogens with zero attached hydrogens (tertiary/aromatic N) is 1. The minimum Gasteiger partial charge on any atom is -0.392 e. The van der Waals surface area contributed by atoms with E-state index in [1.165, 1.54) is 6.42 Å². The highest BCUT2D eigenvalue weighted by Gasteiger charge is 2.35. The summed E-state index contributed by atoms with van der Waals surface area (Å²) in [6, 6.07) is 24.8. The van der Waals surface area contributed by atoms with E-state index in [2.05, 4.69) is 64.1 Å². The number of ether oxygens (including phenoxy) is 3. The number of hydrogen-bond donors (Lipinski definition) is 3. The topological polar surface area (TPSA) is 92.3 Å². The Morgan fingerprint density at radius 2 is 1.76 bits per heavy atom. The number of rotatable bonds is 11. The molecule has 0 aliphatic carbocycles. The lowest BCUT2D eigenvalue weighted by atomic mass is 9.99. The molecule has 0 bridgehead atoms. The third kappa shape index (κ3) is 7.76. The number of benzene rings is 3. The fourth-order valence-corrected chi connectivity index (χ4v) is 5.91. The number of likely N-dealkylation sites (tertiary alicyclic amines) is 1. The third-order valence-electron chi connectivity index (χ3n) is 8.14. The molecule has 2 heterocycles. The molecule has 42 heavy (non-hydrogen) atoms. The molecule has 2 aliphatic heterocycles. The molecule has 2 amide bonds. The van der Waals surface area contributed by atoms with Crippen LogP contribution < -0.4 is 10.6 Å². The van der Waals surface area contributed by atoms with Crippen molar-refractivity contribution in [2.75, 3.05) is 33.4 Å². The first kappa shape index (κ1) is 30.2. The molecule has 0 spiro atoms. The molecule has 224 valence electrons. The first-order chi connectivity index (χ1) is 20.6. The van der Waals surface area contributed by atoms with Gasteiger partial charge in [0.05, 0.1) is 25.4 Å². The molecule has 8 heteroatoms. The number of aliphatic hydroxyl groups excluding tert-OH is 1. The number of carbonyl (C=O) groups excluding carboxylic acids is 1. The number of urea groups is 1. The molecular weight excluding hydrogens is 530 g/mol. The van der Waals surface area contributed by atoms with Crippen LogP contribution in [-0.2, 0) is 27.4 Å². The summed E-state index contributed by atoms with van der Waals surface area (Å²) < 4.78 is 18.7. The maximum absolute atomic E-state index is 11.8. The molecule has 0 aromatic heterocycles. The molecule has 0 saturated carbocycles. The highest BCUT2D eigenvalue weighted by Crippen LogP contribution is 2.39. The van der Waals surface area contributed by atoms with Gasteiger partial charge in [0.1, 0.15) is 0 Å². The minimum absolute atomic E-state index is 0.0116. The highest BCUT2D eigenvalue weighted by molar-refractivity contribution is 5.73. The Bertz CT molecular complexity index is 1280. The fraction of sp³-hybridized carbons (Fsp3) is 0.441. The second-order valence-corrected chi connectivity index (χ2v) is 11.1. The zero-order valence-electron chi connectivity index (χ0n) is 24.6. The quantitative estimate of drug-likeness (QED) is 0.288. The van der Waals surface area contributed by atoms with Crippen LogP contribution in [0.4, 0.5) is 4.79 Å². The van der Waals surface area contributed by atoms with E-state index in [1.54, 1.807) is 7.11 Å². The van der Waals surface area contributed by atoms with Gasteiger partial charge in [0.15, 0.2) is 6.29 Å². The Morgan fingerprint density at radius 3 is 2.50 bits per heavy atom. The van der Waals surface area contributed by atoms with Gasteiger partial charge >= 0.3 is 6.03 Å². The van der Waals surface area contributed by atoms with Gasteiger partial charge in [0.25, 0.3) is 0 Å². The standard InChI is InChI=1S/C34H43N3O5/c1-3-35-34(39)36-20-25-6-4-7-29(18-25)26-13-15-28(16-14-26)33-41-31(21-37-17-5-8-30(37)23-40-2)19-32(42-33)27-11-9-24(22-38)10-12-27/h4,6-7,9-16,18,30-33,38H,3,5,8,17,19-23H2,1-2H3,(H2,35,36,39)/t30-,31-,32+,33+/m0/s1. The molecule has 3 N–H and O–H groups in total. The molecule has 0 unspecified atom stereocenters. The number of amides is 2. The minimum atomic E-state index is -0.489. The summed E-state index contributed by atoms with van der Waals surface area (Å²) in [4.78, 5) is 14.3. The number of nitrogens with one attached hydrogen (secondary N) is 2. The summed E-state index contributed by atoms with van der Waals surface area (Å²) in [7, 11) is 1.77. The lowest BCUT2D eigenvalue weighted by molar-refractivity contribution is -0.253.